The van der Waals surface area contributed by atoms with E-state index in [4.69, 9.17) is 10.3 Å². The molecule has 2 fully saturated rings. The fraction of sp³-hybridized carbons (Fsp3) is 0.571. The summed E-state index contributed by atoms with van der Waals surface area (Å²) in [5.41, 5.74) is 8.72. The monoisotopic (exact) mass is 273 g/mol. The topological polar surface area (TPSA) is 64.9 Å². The van der Waals surface area contributed by atoms with Crippen LogP contribution >= 0.6 is 11.3 Å². The van der Waals surface area contributed by atoms with Crippen molar-refractivity contribution in [2.75, 3.05) is 5.73 Å². The molecule has 2 heterocycles. The van der Waals surface area contributed by atoms with Crippen LogP contribution in [0.4, 0.5) is 5.00 Å². The number of nitrogen functional groups attached to an aromatic ring is 1. The molecular weight excluding hydrogens is 258 g/mol. The number of nitrogens with zero attached hydrogens (tertiary/aromatic N) is 2. The fourth-order valence-electron chi connectivity index (χ4n) is 3.74. The summed E-state index contributed by atoms with van der Waals surface area (Å²) in [5.74, 6) is 3.48. The lowest BCUT2D eigenvalue weighted by Crippen LogP contribution is -1.96. The molecule has 0 radical (unpaired) electrons. The van der Waals surface area contributed by atoms with Crippen LogP contribution in [-0.4, -0.2) is 10.1 Å². The summed E-state index contributed by atoms with van der Waals surface area (Å²) in [7, 11) is 0. The Morgan fingerprint density at radius 3 is 2.74 bits per heavy atom. The highest BCUT2D eigenvalue weighted by atomic mass is 32.1. The number of thiophene rings is 1. The van der Waals surface area contributed by atoms with Gasteiger partial charge in [0.25, 0.3) is 5.89 Å². The van der Waals surface area contributed by atoms with Gasteiger partial charge in [-0.2, -0.15) is 4.98 Å². The van der Waals surface area contributed by atoms with Gasteiger partial charge in [0, 0.05) is 10.8 Å². The zero-order chi connectivity index (χ0) is 12.6. The average molecular weight is 273 g/mol. The normalized spacial score (nSPS) is 28.0. The molecule has 3 aliphatic carbocycles. The highest BCUT2D eigenvalue weighted by Gasteiger charge is 2.42. The van der Waals surface area contributed by atoms with Gasteiger partial charge in [0.05, 0.1) is 10.6 Å². The molecule has 2 N–H and O–H groups in total. The molecule has 19 heavy (non-hydrogen) atoms. The first-order chi connectivity index (χ1) is 9.31. The lowest BCUT2D eigenvalue weighted by atomic mass is 9.95. The van der Waals surface area contributed by atoms with E-state index < -0.39 is 0 Å². The molecule has 0 amide bonds. The van der Waals surface area contributed by atoms with Crippen LogP contribution < -0.4 is 5.73 Å². The van der Waals surface area contributed by atoms with Crippen molar-refractivity contribution in [2.24, 2.45) is 0 Å². The molecular formula is C14H15N3OS. The van der Waals surface area contributed by atoms with E-state index in [9.17, 15) is 0 Å². The van der Waals surface area contributed by atoms with Gasteiger partial charge in [-0.25, -0.2) is 0 Å². The average Bonchev–Trinajstić information content (AvgIpc) is 2.82. The fourth-order valence-corrected chi connectivity index (χ4v) is 5.03. The van der Waals surface area contributed by atoms with Crippen molar-refractivity contribution in [1.82, 2.24) is 10.1 Å². The van der Waals surface area contributed by atoms with Crippen molar-refractivity contribution in [1.29, 1.82) is 0 Å². The summed E-state index contributed by atoms with van der Waals surface area (Å²) in [6.07, 6.45) is 6.32. The van der Waals surface area contributed by atoms with E-state index in [0.29, 0.717) is 17.7 Å². The van der Waals surface area contributed by atoms with Gasteiger partial charge in [0.15, 0.2) is 5.82 Å². The Labute approximate surface area is 115 Å². The largest absolute Gasteiger partial charge is 0.390 e. The molecule has 2 unspecified atom stereocenters. The lowest BCUT2D eigenvalue weighted by Gasteiger charge is -2.10. The highest BCUT2D eigenvalue weighted by molar-refractivity contribution is 7.16. The van der Waals surface area contributed by atoms with E-state index in [0.717, 1.165) is 22.3 Å². The molecule has 98 valence electrons. The van der Waals surface area contributed by atoms with Gasteiger partial charge in [0.1, 0.15) is 0 Å². The van der Waals surface area contributed by atoms with Crippen LogP contribution in [0.15, 0.2) is 4.52 Å². The van der Waals surface area contributed by atoms with E-state index in [2.05, 4.69) is 10.1 Å². The second kappa shape index (κ2) is 3.39. The summed E-state index contributed by atoms with van der Waals surface area (Å²) in [4.78, 5) is 6.08. The third kappa shape index (κ3) is 1.34. The first-order valence-corrected chi connectivity index (χ1v) is 7.89. The van der Waals surface area contributed by atoms with Crippen molar-refractivity contribution in [3.63, 3.8) is 0 Å². The molecule has 5 rings (SSSR count). The Bertz CT molecular complexity index is 670. The molecule has 0 aromatic carbocycles. The van der Waals surface area contributed by atoms with E-state index >= 15 is 0 Å². The molecule has 0 aliphatic heterocycles. The third-order valence-corrected chi connectivity index (χ3v) is 6.01. The van der Waals surface area contributed by atoms with Gasteiger partial charge >= 0.3 is 0 Å². The summed E-state index contributed by atoms with van der Waals surface area (Å²) in [6.45, 7) is 0. The van der Waals surface area contributed by atoms with E-state index in [-0.39, 0.29) is 0 Å². The summed E-state index contributed by atoms with van der Waals surface area (Å²) < 4.78 is 5.49. The van der Waals surface area contributed by atoms with Crippen molar-refractivity contribution in [3.8, 4) is 11.5 Å². The van der Waals surface area contributed by atoms with Crippen LogP contribution in [0.5, 0.6) is 0 Å². The first-order valence-electron chi connectivity index (χ1n) is 7.07. The summed E-state index contributed by atoms with van der Waals surface area (Å²) >= 11 is 1.74. The quantitative estimate of drug-likeness (QED) is 0.907. The molecule has 2 aromatic rings. The van der Waals surface area contributed by atoms with Crippen LogP contribution in [0.3, 0.4) is 0 Å². The van der Waals surface area contributed by atoms with Crippen LogP contribution in [0, 0.1) is 0 Å². The maximum absolute atomic E-state index is 6.23. The summed E-state index contributed by atoms with van der Waals surface area (Å²) in [6, 6.07) is 0. The molecule has 0 saturated heterocycles. The second-order valence-electron chi connectivity index (χ2n) is 6.06. The molecule has 4 nitrogen and oxygen atoms in total. The number of hydrogen-bond donors (Lipinski definition) is 1. The number of aromatic nitrogens is 2. The standard InChI is InChI=1S/C14H15N3OS/c15-12-10(14-16-13(17-18-14)6-1-2-6)9-7-3-4-8(5-7)11(9)19-12/h6-8H,1-5,15H2. The zero-order valence-corrected chi connectivity index (χ0v) is 11.4. The number of fused-ring (bicyclic) bond motifs is 5. The second-order valence-corrected chi connectivity index (χ2v) is 7.14. The van der Waals surface area contributed by atoms with Crippen molar-refractivity contribution in [2.45, 2.75) is 49.9 Å². The molecule has 2 atom stereocenters. The van der Waals surface area contributed by atoms with E-state index in [1.54, 1.807) is 11.3 Å². The minimum absolute atomic E-state index is 0.529. The maximum Gasteiger partial charge on any atom is 0.261 e. The number of rotatable bonds is 2. The maximum atomic E-state index is 6.23. The predicted molar refractivity (Wildman–Crippen MR) is 73.3 cm³/mol. The van der Waals surface area contributed by atoms with E-state index in [1.807, 2.05) is 0 Å². The van der Waals surface area contributed by atoms with Crippen molar-refractivity contribution < 1.29 is 4.52 Å². The molecule has 3 aliphatic rings. The van der Waals surface area contributed by atoms with Crippen LogP contribution in [0.1, 0.15) is 66.1 Å². The SMILES string of the molecule is Nc1sc2c(c1-c1nc(C3CC3)no1)C1CCC2C1. The van der Waals surface area contributed by atoms with Gasteiger partial charge in [-0.05, 0) is 49.5 Å². The van der Waals surface area contributed by atoms with Gasteiger partial charge in [-0.3, -0.25) is 0 Å². The van der Waals surface area contributed by atoms with Crippen LogP contribution in [0.2, 0.25) is 0 Å². The molecule has 0 spiro atoms. The van der Waals surface area contributed by atoms with E-state index in [1.165, 1.54) is 42.5 Å². The molecule has 5 heteroatoms. The smallest absolute Gasteiger partial charge is 0.261 e. The minimum Gasteiger partial charge on any atom is -0.390 e. The minimum atomic E-state index is 0.529. The van der Waals surface area contributed by atoms with Crippen LogP contribution in [-0.2, 0) is 0 Å². The number of nitrogens with two attached hydrogens (primary N) is 1. The lowest BCUT2D eigenvalue weighted by molar-refractivity contribution is 0.422. The predicted octanol–water partition coefficient (Wildman–Crippen LogP) is 3.62. The Hall–Kier alpha value is -1.36. The zero-order valence-electron chi connectivity index (χ0n) is 10.6. The van der Waals surface area contributed by atoms with Crippen molar-refractivity contribution >= 4 is 16.3 Å². The van der Waals surface area contributed by atoms with Crippen molar-refractivity contribution in [3.05, 3.63) is 16.3 Å². The number of hydrogen-bond acceptors (Lipinski definition) is 5. The van der Waals surface area contributed by atoms with Crippen LogP contribution in [0.25, 0.3) is 11.5 Å². The van der Waals surface area contributed by atoms with Gasteiger partial charge in [0.2, 0.25) is 0 Å². The Kier molecular flexibility index (Phi) is 1.86. The molecule has 2 saturated carbocycles. The third-order valence-electron chi connectivity index (χ3n) is 4.81. The van der Waals surface area contributed by atoms with Gasteiger partial charge < -0.3 is 10.3 Å². The Morgan fingerprint density at radius 1 is 1.11 bits per heavy atom. The molecule has 2 aromatic heterocycles. The molecule has 2 bridgehead atoms. The summed E-state index contributed by atoms with van der Waals surface area (Å²) in [5, 5.41) is 4.99. The van der Waals surface area contributed by atoms with Gasteiger partial charge in [-0.15, -0.1) is 11.3 Å². The Balaban J connectivity index is 1.66. The first kappa shape index (κ1) is 10.4. The Morgan fingerprint density at radius 2 is 1.89 bits per heavy atom. The van der Waals surface area contributed by atoms with Gasteiger partial charge in [-0.1, -0.05) is 5.16 Å². The highest BCUT2D eigenvalue weighted by Crippen LogP contribution is 2.60. The number of anilines is 1.